The van der Waals surface area contributed by atoms with E-state index < -0.39 is 36.3 Å². The van der Waals surface area contributed by atoms with Crippen LogP contribution in [0.1, 0.15) is 40.4 Å². The Bertz CT molecular complexity index is 978. The van der Waals surface area contributed by atoms with Gasteiger partial charge in [0, 0.05) is 22.6 Å². The third-order valence-electron chi connectivity index (χ3n) is 6.17. The van der Waals surface area contributed by atoms with Crippen LogP contribution >= 0.6 is 11.6 Å². The Labute approximate surface area is 184 Å². The van der Waals surface area contributed by atoms with Crippen molar-refractivity contribution in [3.63, 3.8) is 0 Å². The summed E-state index contributed by atoms with van der Waals surface area (Å²) in [6.07, 6.45) is -3.74. The number of benzene rings is 2. The number of aliphatic hydroxyl groups excluding tert-OH is 4. The van der Waals surface area contributed by atoms with E-state index in [4.69, 9.17) is 21.1 Å². The molecular formula is C23H25ClO7. The number of Topliss-reactive ketones (excluding diaryl/α,β-unsaturated/α-hetero) is 1. The van der Waals surface area contributed by atoms with Gasteiger partial charge in [0.1, 0.15) is 23.9 Å². The van der Waals surface area contributed by atoms with Crippen LogP contribution in [0.15, 0.2) is 42.5 Å². The van der Waals surface area contributed by atoms with Gasteiger partial charge in [-0.05, 0) is 29.7 Å². The number of rotatable bonds is 6. The summed E-state index contributed by atoms with van der Waals surface area (Å²) in [7, 11) is 0. The van der Waals surface area contributed by atoms with Gasteiger partial charge >= 0.3 is 0 Å². The van der Waals surface area contributed by atoms with Crippen molar-refractivity contribution in [1.82, 2.24) is 0 Å². The third kappa shape index (κ3) is 3.60. The SMILES string of the molecule is CCC(=O)c1ccc(Cc2cc([C@@]34OC[C@](CO)(O3)[C@@H](O)[C@H](O)[C@H]4O)ccc2Cl)cc1. The fraction of sp³-hybridized carbons (Fsp3) is 0.435. The molecule has 0 unspecified atom stereocenters. The predicted octanol–water partition coefficient (Wildman–Crippen LogP) is 1.55. The molecule has 2 heterocycles. The molecule has 0 spiro atoms. The molecule has 5 atom stereocenters. The van der Waals surface area contributed by atoms with E-state index in [1.54, 1.807) is 30.3 Å². The average Bonchev–Trinajstić information content (AvgIpc) is 3.18. The van der Waals surface area contributed by atoms with E-state index in [0.29, 0.717) is 29.0 Å². The molecule has 0 saturated carbocycles. The van der Waals surface area contributed by atoms with E-state index in [1.165, 1.54) is 0 Å². The molecule has 31 heavy (non-hydrogen) atoms. The number of hydrogen-bond donors (Lipinski definition) is 4. The van der Waals surface area contributed by atoms with Gasteiger partial charge in [0.05, 0.1) is 13.2 Å². The molecule has 2 aromatic carbocycles. The van der Waals surface area contributed by atoms with Crippen molar-refractivity contribution in [2.45, 2.75) is 49.5 Å². The summed E-state index contributed by atoms with van der Waals surface area (Å²) in [5.74, 6) is -1.67. The molecule has 7 nitrogen and oxygen atoms in total. The van der Waals surface area contributed by atoms with Gasteiger partial charge in [-0.3, -0.25) is 4.79 Å². The maximum atomic E-state index is 11.8. The van der Waals surface area contributed by atoms with E-state index in [-0.39, 0.29) is 12.4 Å². The van der Waals surface area contributed by atoms with Crippen LogP contribution in [-0.4, -0.2) is 63.3 Å². The molecule has 2 bridgehead atoms. The number of carbonyl (C=O) groups is 1. The fourth-order valence-corrected chi connectivity index (χ4v) is 4.42. The molecule has 2 aromatic rings. The molecule has 0 amide bonds. The number of ketones is 1. The maximum absolute atomic E-state index is 11.8. The molecule has 166 valence electrons. The molecule has 2 saturated heterocycles. The van der Waals surface area contributed by atoms with Gasteiger partial charge in [-0.1, -0.05) is 48.9 Å². The Morgan fingerprint density at radius 3 is 2.48 bits per heavy atom. The second-order valence-corrected chi connectivity index (χ2v) is 8.53. The van der Waals surface area contributed by atoms with Gasteiger partial charge in [0.25, 0.3) is 0 Å². The minimum atomic E-state index is -1.74. The molecular weight excluding hydrogens is 424 g/mol. The van der Waals surface area contributed by atoms with Gasteiger partial charge in [0.2, 0.25) is 5.79 Å². The minimum absolute atomic E-state index is 0.0700. The zero-order valence-electron chi connectivity index (χ0n) is 17.0. The Morgan fingerprint density at radius 2 is 1.84 bits per heavy atom. The highest BCUT2D eigenvalue weighted by atomic mass is 35.5. The van der Waals surface area contributed by atoms with Crippen LogP contribution in [0.3, 0.4) is 0 Å². The highest BCUT2D eigenvalue weighted by Gasteiger charge is 2.67. The van der Waals surface area contributed by atoms with Crippen LogP contribution in [0.2, 0.25) is 5.02 Å². The van der Waals surface area contributed by atoms with E-state index in [0.717, 1.165) is 11.1 Å². The molecule has 2 aliphatic heterocycles. The van der Waals surface area contributed by atoms with Crippen molar-refractivity contribution in [2.75, 3.05) is 13.2 Å². The summed E-state index contributed by atoms with van der Waals surface area (Å²) in [6, 6.07) is 12.3. The normalized spacial score (nSPS) is 32.3. The number of carbonyl (C=O) groups excluding carboxylic acids is 1. The standard InChI is InChI=1S/C23H25ClO7/c1-2-18(26)14-5-3-13(4-6-14)9-15-10-16(7-8-17(15)24)23-21(29)19(27)20(28)22(11-25,31-23)12-30-23/h3-8,10,19-21,25,27-29H,2,9,11-12H2,1H3/t19-,20-,21+,22-,23+/m0/s1. The van der Waals surface area contributed by atoms with Crippen LogP contribution in [-0.2, 0) is 21.7 Å². The zero-order chi connectivity index (χ0) is 22.4. The molecule has 8 heteroatoms. The Balaban J connectivity index is 1.66. The summed E-state index contributed by atoms with van der Waals surface area (Å²) in [5.41, 5.74) is 1.20. The van der Waals surface area contributed by atoms with Crippen molar-refractivity contribution in [2.24, 2.45) is 0 Å². The highest BCUT2D eigenvalue weighted by Crippen LogP contribution is 2.49. The van der Waals surface area contributed by atoms with Gasteiger partial charge in [-0.25, -0.2) is 0 Å². The topological polar surface area (TPSA) is 116 Å². The second-order valence-electron chi connectivity index (χ2n) is 8.12. The number of ether oxygens (including phenoxy) is 2. The maximum Gasteiger partial charge on any atom is 0.225 e. The first-order valence-electron chi connectivity index (χ1n) is 10.2. The largest absolute Gasteiger partial charge is 0.393 e. The quantitative estimate of drug-likeness (QED) is 0.495. The van der Waals surface area contributed by atoms with E-state index in [9.17, 15) is 25.2 Å². The minimum Gasteiger partial charge on any atom is -0.393 e. The highest BCUT2D eigenvalue weighted by molar-refractivity contribution is 6.31. The fourth-order valence-electron chi connectivity index (χ4n) is 4.23. The number of aliphatic hydroxyl groups is 4. The summed E-state index contributed by atoms with van der Waals surface area (Å²) < 4.78 is 11.7. The first-order valence-corrected chi connectivity index (χ1v) is 10.5. The molecule has 2 aliphatic rings. The molecule has 2 fully saturated rings. The van der Waals surface area contributed by atoms with Crippen LogP contribution in [0.5, 0.6) is 0 Å². The number of fused-ring (bicyclic) bond motifs is 2. The smallest absolute Gasteiger partial charge is 0.225 e. The lowest BCUT2D eigenvalue weighted by Crippen LogP contribution is -2.65. The summed E-state index contributed by atoms with van der Waals surface area (Å²) in [6.45, 7) is 1.04. The predicted molar refractivity (Wildman–Crippen MR) is 112 cm³/mol. The lowest BCUT2D eigenvalue weighted by molar-refractivity contribution is -0.329. The van der Waals surface area contributed by atoms with Crippen molar-refractivity contribution in [3.05, 3.63) is 69.7 Å². The summed E-state index contributed by atoms with van der Waals surface area (Å²) >= 11 is 6.40. The van der Waals surface area contributed by atoms with Crippen molar-refractivity contribution >= 4 is 17.4 Å². The first-order chi connectivity index (χ1) is 14.8. The zero-order valence-corrected chi connectivity index (χ0v) is 17.7. The lowest BCUT2D eigenvalue weighted by Gasteiger charge is -2.46. The monoisotopic (exact) mass is 448 g/mol. The van der Waals surface area contributed by atoms with Gasteiger partial charge in [-0.15, -0.1) is 0 Å². The van der Waals surface area contributed by atoms with Crippen molar-refractivity contribution in [1.29, 1.82) is 0 Å². The first kappa shape index (κ1) is 22.4. The van der Waals surface area contributed by atoms with E-state index >= 15 is 0 Å². The lowest BCUT2D eigenvalue weighted by atomic mass is 9.83. The Morgan fingerprint density at radius 1 is 1.13 bits per heavy atom. The van der Waals surface area contributed by atoms with Gasteiger partial charge in [-0.2, -0.15) is 0 Å². The van der Waals surface area contributed by atoms with Crippen LogP contribution in [0.4, 0.5) is 0 Å². The molecule has 0 aliphatic carbocycles. The van der Waals surface area contributed by atoms with Crippen LogP contribution in [0.25, 0.3) is 0 Å². The van der Waals surface area contributed by atoms with E-state index in [2.05, 4.69) is 0 Å². The van der Waals surface area contributed by atoms with E-state index in [1.807, 2.05) is 19.1 Å². The Kier molecular flexibility index (Phi) is 5.95. The summed E-state index contributed by atoms with van der Waals surface area (Å²) in [4.78, 5) is 11.8. The van der Waals surface area contributed by atoms with Crippen LogP contribution in [0, 0.1) is 0 Å². The molecule has 0 aromatic heterocycles. The molecule has 0 radical (unpaired) electrons. The number of halogens is 1. The Hall–Kier alpha value is -1.84. The summed E-state index contributed by atoms with van der Waals surface area (Å²) in [5, 5.41) is 41.6. The second kappa shape index (κ2) is 8.26. The van der Waals surface area contributed by atoms with Crippen molar-refractivity contribution < 1.29 is 34.7 Å². The average molecular weight is 449 g/mol. The van der Waals surface area contributed by atoms with Crippen molar-refractivity contribution in [3.8, 4) is 0 Å². The number of hydrogen-bond acceptors (Lipinski definition) is 7. The van der Waals surface area contributed by atoms with Crippen LogP contribution < -0.4 is 0 Å². The third-order valence-corrected chi connectivity index (χ3v) is 6.54. The van der Waals surface area contributed by atoms with Gasteiger partial charge < -0.3 is 29.9 Å². The van der Waals surface area contributed by atoms with Gasteiger partial charge in [0.15, 0.2) is 5.78 Å². The molecule has 4 N–H and O–H groups in total. The molecule has 4 rings (SSSR count).